The number of phosphoric acid groups is 5. The van der Waals surface area contributed by atoms with E-state index in [1.54, 1.807) is 4.57 Å². The number of aromatic nitrogens is 4. The molecule has 6 heterocycles. The molecule has 7 N–H and O–H groups in total. The van der Waals surface area contributed by atoms with E-state index in [2.05, 4.69) is 37.4 Å². The van der Waals surface area contributed by atoms with Gasteiger partial charge in [-0.05, 0) is 32.1 Å². The van der Waals surface area contributed by atoms with E-state index < -0.39 is 89.1 Å². The van der Waals surface area contributed by atoms with Crippen molar-refractivity contribution in [1.82, 2.24) is 19.5 Å². The Bertz CT molecular complexity index is 1980. The molecule has 0 saturated carbocycles. The van der Waals surface area contributed by atoms with E-state index in [-0.39, 0.29) is 119 Å². The summed E-state index contributed by atoms with van der Waals surface area (Å²) in [5.74, 6) is 0. The van der Waals surface area contributed by atoms with Crippen LogP contribution in [-0.4, -0.2) is 119 Å². The number of fused-ring (bicyclic) bond motifs is 1. The van der Waals surface area contributed by atoms with Gasteiger partial charge in [0.25, 0.3) is 21.2 Å². The van der Waals surface area contributed by atoms with E-state index in [0.717, 1.165) is 6.42 Å². The molecule has 4 fully saturated rings. The van der Waals surface area contributed by atoms with Crippen LogP contribution in [0.2, 0.25) is 0 Å². The van der Waals surface area contributed by atoms with Crippen LogP contribution in [0.3, 0.4) is 0 Å². The smallest absolute Gasteiger partial charge is 0.790 e. The fourth-order valence-corrected chi connectivity index (χ4v) is 8.12. The van der Waals surface area contributed by atoms with Gasteiger partial charge in [-0.3, -0.25) is 23.0 Å². The van der Waals surface area contributed by atoms with Gasteiger partial charge in [0.1, 0.15) is 6.23 Å². The number of aliphatic hydroxyl groups excluding tert-OH is 3. The number of nitrogens with one attached hydrogen (secondary N) is 1. The monoisotopic (exact) mass is 1070 g/mol. The second-order valence-electron chi connectivity index (χ2n) is 12.7. The van der Waals surface area contributed by atoms with Crippen LogP contribution in [0.1, 0.15) is 65.0 Å². The molecule has 0 radical (unpaired) electrons. The summed E-state index contributed by atoms with van der Waals surface area (Å²) >= 11 is 0. The number of rotatable bonds is 15. The van der Waals surface area contributed by atoms with Crippen molar-refractivity contribution in [3.8, 4) is 0 Å². The van der Waals surface area contributed by atoms with Crippen LogP contribution < -0.4 is 86.3 Å². The van der Waals surface area contributed by atoms with Crippen molar-refractivity contribution in [3.63, 3.8) is 0 Å². The van der Waals surface area contributed by atoms with Gasteiger partial charge >= 0.3 is 59.2 Å². The first kappa shape index (κ1) is 64.7. The zero-order valence-corrected chi connectivity index (χ0v) is 41.4. The van der Waals surface area contributed by atoms with Crippen molar-refractivity contribution in [2.24, 2.45) is 0 Å². The summed E-state index contributed by atoms with van der Waals surface area (Å²) in [6, 6.07) is 0. The molecule has 0 amide bonds. The number of phosphoric ester groups is 4. The molecule has 0 spiro atoms. The number of H-pyrrole nitrogens is 1. The molecule has 370 valence electrons. The molecule has 4 saturated heterocycles. The third-order valence-corrected chi connectivity index (χ3v) is 11.5. The number of aliphatic hydroxyl groups is 3. The van der Waals surface area contributed by atoms with Crippen LogP contribution in [0.25, 0.3) is 11.2 Å². The fraction of sp³-hybridized carbons (Fsp3) is 0.808. The molecule has 0 bridgehead atoms. The fourth-order valence-electron chi connectivity index (χ4n) is 5.42. The molecule has 4 aliphatic rings. The van der Waals surface area contributed by atoms with Crippen molar-refractivity contribution >= 4 is 60.2 Å². The Morgan fingerprint density at radius 1 is 0.703 bits per heavy atom. The van der Waals surface area contributed by atoms with E-state index >= 15 is 0 Å². The van der Waals surface area contributed by atoms with E-state index in [9.17, 15) is 57.0 Å². The maximum absolute atomic E-state index is 11.6. The average molecular weight is 1070 g/mol. The molecule has 0 aliphatic carbocycles. The van der Waals surface area contributed by atoms with Crippen LogP contribution >= 0.6 is 49.0 Å². The molecule has 2 aromatic rings. The second kappa shape index (κ2) is 29.2. The first-order chi connectivity index (χ1) is 28.1. The third kappa shape index (κ3) is 26.6. The Morgan fingerprint density at radius 2 is 1.19 bits per heavy atom. The van der Waals surface area contributed by atoms with Crippen LogP contribution in [-0.2, 0) is 64.2 Å². The van der Waals surface area contributed by atoms with Crippen LogP contribution in [0.5, 0.6) is 0 Å². The van der Waals surface area contributed by atoms with Crippen molar-refractivity contribution in [1.29, 1.82) is 0 Å². The number of imidazole rings is 1. The van der Waals surface area contributed by atoms with E-state index in [0.29, 0.717) is 37.8 Å². The standard InChI is InChI=1S/C10H13N4O6P.C5H13O12P3.C5H11O6P.C5H10O3.CH4.K.H2P/c15-10-8-9(11-4-12-10)14(5-13-8)7-2-1-6(20-7)3-19-21(16,17)18;6-18(7,8)14-3-4-1-2-5(15-4)16-20(12,13)17-19(9,10)11;6-5-2-1-4(11-5)3-10-12(7,8)9;6-3-4-1-2-5(7)8-4;;;/h4-7H,1-3H2,(H,11,12,15)(H2,16,17,18);4-5H,1-3H2,(H,12,13)(H2,6,7,8)(H2,9,10,11);4-6H,1-3H2,(H2,7,8,9);4-7H,1-3H2;1H4;;1H2/q;;;;;+1;-1/p-6/t6-,7+;4-,5+;2*4-,5-;;;/m0000.../s1. The third-order valence-electron chi connectivity index (χ3n) is 7.92. The first-order valence-electron chi connectivity index (χ1n) is 17.4. The van der Waals surface area contributed by atoms with E-state index in [4.69, 9.17) is 48.9 Å². The van der Waals surface area contributed by atoms with Crippen LogP contribution in [0.15, 0.2) is 17.4 Å². The number of aromatic amines is 1. The molecule has 6 rings (SSSR count). The van der Waals surface area contributed by atoms with E-state index in [1.807, 2.05) is 0 Å². The molecule has 31 nitrogen and oxygen atoms in total. The van der Waals surface area contributed by atoms with Crippen molar-refractivity contribution in [3.05, 3.63) is 23.0 Å². The average Bonchev–Trinajstić information content (AvgIpc) is 3.96. The normalized spacial score (nSPS) is 28.2. The predicted octanol–water partition coefficient (Wildman–Crippen LogP) is -7.02. The Balaban J connectivity index is 0.000000859. The minimum atomic E-state index is -5.48. The van der Waals surface area contributed by atoms with Gasteiger partial charge in [0.05, 0.1) is 79.1 Å². The van der Waals surface area contributed by atoms with Crippen molar-refractivity contribution in [2.45, 2.75) is 108 Å². The topological polar surface area (TPSA) is 492 Å². The molecule has 0 aromatic carbocycles. The predicted molar refractivity (Wildman–Crippen MR) is 198 cm³/mol. The number of hydrogen-bond acceptors (Lipinski definition) is 26. The number of hydrogen-bond donors (Lipinski definition) is 7. The summed E-state index contributed by atoms with van der Waals surface area (Å²) in [6.45, 7) is -1.15. The summed E-state index contributed by atoms with van der Waals surface area (Å²) in [6.07, 6.45) is 1.07. The van der Waals surface area contributed by atoms with Gasteiger partial charge in [-0.1, -0.05) is 7.43 Å². The van der Waals surface area contributed by atoms with Crippen LogP contribution in [0.4, 0.5) is 0 Å². The largest absolute Gasteiger partial charge is 1.00 e. The summed E-state index contributed by atoms with van der Waals surface area (Å²) in [7, 11) is -25.4. The summed E-state index contributed by atoms with van der Waals surface area (Å²) < 4.78 is 93.9. The minimum absolute atomic E-state index is 0. The Morgan fingerprint density at radius 3 is 1.66 bits per heavy atom. The zero-order chi connectivity index (χ0) is 45.8. The molecule has 38 heteroatoms. The Hall–Kier alpha value is 0.726. The zero-order valence-electron chi connectivity index (χ0n) is 32.7. The molecule has 64 heavy (non-hydrogen) atoms. The number of ether oxygens (including phenoxy) is 4. The summed E-state index contributed by atoms with van der Waals surface area (Å²) in [5, 5.41) is 26.0. The second-order valence-corrected chi connectivity index (χ2v) is 19.0. The van der Waals surface area contributed by atoms with Crippen LogP contribution in [0, 0.1) is 0 Å². The first-order valence-corrected chi connectivity index (χ1v) is 24.8. The van der Waals surface area contributed by atoms with Gasteiger partial charge in [0, 0.05) is 19.3 Å². The maximum Gasteiger partial charge on any atom is 1.00 e. The van der Waals surface area contributed by atoms with Gasteiger partial charge in [0.15, 0.2) is 30.0 Å². The van der Waals surface area contributed by atoms with Gasteiger partial charge in [-0.25, -0.2) is 18.8 Å². The molecule has 4 aliphatic heterocycles. The molecular formula is C26H47KN4O27P6-6. The van der Waals surface area contributed by atoms with Gasteiger partial charge < -0.3 is 116 Å². The molecule has 2 aromatic heterocycles. The van der Waals surface area contributed by atoms with E-state index in [1.165, 1.54) is 12.7 Å². The van der Waals surface area contributed by atoms with Gasteiger partial charge in [-0.15, -0.1) is 0 Å². The molecule has 3 unspecified atom stereocenters. The quantitative estimate of drug-likeness (QED) is 0.0644. The molecule has 11 atom stereocenters. The summed E-state index contributed by atoms with van der Waals surface area (Å²) in [5.41, 5.74) is 0.256. The van der Waals surface area contributed by atoms with Crippen molar-refractivity contribution in [2.75, 3.05) is 26.4 Å². The number of nitrogens with zero attached hydrogens (tertiary/aromatic N) is 3. The van der Waals surface area contributed by atoms with Gasteiger partial charge in [0.2, 0.25) is 0 Å². The van der Waals surface area contributed by atoms with Gasteiger partial charge in [-0.2, -0.15) is 0 Å². The van der Waals surface area contributed by atoms with Crippen molar-refractivity contribution < 1.29 is 175 Å². The maximum atomic E-state index is 11.6. The SMILES string of the molecule is C.O=P([O-])([O-])OC[C@@H]1CC[C@@H](O)O1.O=P([O-])([O-])OC[C@@H]1CC[C@@H](OP(=O)(O)OP(=O)([O-])O)O1.O=c1[nH]cnc2c1ncn2[C@H]1CC[C@@H](COP(=O)([O-])O)O1.OC[C@@H]1CC[C@@H](O)O1.[K+].[PH2-]. The minimum Gasteiger partial charge on any atom is -0.790 e. The summed E-state index contributed by atoms with van der Waals surface area (Å²) in [4.78, 5) is 109. The molecular weight excluding hydrogens is 1030 g/mol. The Kier molecular flexibility index (Phi) is 29.5. The Labute approximate surface area is 409 Å².